The molecule has 0 bridgehead atoms. The lowest BCUT2D eigenvalue weighted by Gasteiger charge is -2.12. The number of amides is 1. The molecule has 0 aliphatic rings. The molecule has 0 saturated carbocycles. The Morgan fingerprint density at radius 2 is 1.85 bits per heavy atom. The molecule has 2 N–H and O–H groups in total. The Bertz CT molecular complexity index is 647. The molecule has 1 aromatic carbocycles. The largest absolute Gasteiger partial charge is 0.478 e. The smallest absolute Gasteiger partial charge is 0.336 e. The molecule has 2 rings (SSSR count). The van der Waals surface area contributed by atoms with E-state index < -0.39 is 11.9 Å². The number of hydrogen-bond acceptors (Lipinski definition) is 4. The summed E-state index contributed by atoms with van der Waals surface area (Å²) in [7, 11) is 0. The number of nitrogens with one attached hydrogen (secondary N) is 1. The van der Waals surface area contributed by atoms with Crippen LogP contribution in [0.5, 0.6) is 0 Å². The van der Waals surface area contributed by atoms with Crippen LogP contribution in [0, 0.1) is 13.8 Å². The average Bonchev–Trinajstić information content (AvgIpc) is 2.91. The van der Waals surface area contributed by atoms with E-state index in [2.05, 4.69) is 10.5 Å². The Hall–Kier alpha value is -2.63. The van der Waals surface area contributed by atoms with E-state index in [1.54, 1.807) is 32.0 Å². The first kappa shape index (κ1) is 13.8. The van der Waals surface area contributed by atoms with Crippen molar-refractivity contribution < 1.29 is 19.2 Å². The van der Waals surface area contributed by atoms with Crippen molar-refractivity contribution in [3.8, 4) is 0 Å². The van der Waals surface area contributed by atoms with Gasteiger partial charge in [-0.05, 0) is 25.0 Å². The fourth-order valence-electron chi connectivity index (χ4n) is 1.97. The van der Waals surface area contributed by atoms with Gasteiger partial charge in [-0.2, -0.15) is 0 Å². The number of benzene rings is 1. The predicted octanol–water partition coefficient (Wildman–Crippen LogP) is 1.92. The van der Waals surface area contributed by atoms with E-state index in [1.807, 2.05) is 0 Å². The number of carbonyl (C=O) groups excluding carboxylic acids is 1. The number of carboxylic acid groups (broad SMARTS) is 1. The first-order chi connectivity index (χ1) is 9.50. The highest BCUT2D eigenvalue weighted by molar-refractivity contribution is 6.06. The van der Waals surface area contributed by atoms with Crippen LogP contribution in [-0.2, 0) is 6.54 Å². The van der Waals surface area contributed by atoms with E-state index in [9.17, 15) is 14.7 Å². The molecule has 1 aromatic heterocycles. The monoisotopic (exact) mass is 274 g/mol. The SMILES string of the molecule is Cc1ccc(C)c(C(=O)NCc2ccno2)c1C(=O)O. The second kappa shape index (κ2) is 5.56. The summed E-state index contributed by atoms with van der Waals surface area (Å²) in [6, 6.07) is 5.04. The topological polar surface area (TPSA) is 92.4 Å². The third kappa shape index (κ3) is 2.69. The summed E-state index contributed by atoms with van der Waals surface area (Å²) in [5.74, 6) is -1.06. The molecule has 0 radical (unpaired) electrons. The third-order valence-corrected chi connectivity index (χ3v) is 2.98. The van der Waals surface area contributed by atoms with E-state index >= 15 is 0 Å². The molecule has 0 aliphatic carbocycles. The van der Waals surface area contributed by atoms with Gasteiger partial charge in [-0.3, -0.25) is 4.79 Å². The summed E-state index contributed by atoms with van der Waals surface area (Å²) in [5.41, 5.74) is 1.37. The fourth-order valence-corrected chi connectivity index (χ4v) is 1.97. The minimum absolute atomic E-state index is 0.0278. The second-order valence-electron chi connectivity index (χ2n) is 4.42. The number of nitrogens with zero attached hydrogens (tertiary/aromatic N) is 1. The van der Waals surface area contributed by atoms with Crippen LogP contribution >= 0.6 is 0 Å². The Balaban J connectivity index is 2.29. The van der Waals surface area contributed by atoms with E-state index in [4.69, 9.17) is 4.52 Å². The van der Waals surface area contributed by atoms with E-state index in [-0.39, 0.29) is 17.7 Å². The molecular weight excluding hydrogens is 260 g/mol. The zero-order valence-electron chi connectivity index (χ0n) is 11.1. The van der Waals surface area contributed by atoms with Gasteiger partial charge in [0.2, 0.25) is 0 Å². The summed E-state index contributed by atoms with van der Waals surface area (Å²) in [4.78, 5) is 23.5. The van der Waals surface area contributed by atoms with Crippen LogP contribution in [0.3, 0.4) is 0 Å². The highest BCUT2D eigenvalue weighted by Crippen LogP contribution is 2.19. The number of aromatic carboxylic acids is 1. The van der Waals surface area contributed by atoms with Crippen molar-refractivity contribution in [1.29, 1.82) is 0 Å². The zero-order valence-corrected chi connectivity index (χ0v) is 11.1. The first-order valence-electron chi connectivity index (χ1n) is 6.02. The standard InChI is InChI=1S/C14H14N2O4/c1-8-3-4-9(2)12(14(18)19)11(8)13(17)15-7-10-5-6-16-20-10/h3-6H,7H2,1-2H3,(H,15,17)(H,18,19). The number of rotatable bonds is 4. The normalized spacial score (nSPS) is 10.3. The van der Waals surface area contributed by atoms with E-state index in [0.29, 0.717) is 16.9 Å². The maximum Gasteiger partial charge on any atom is 0.336 e. The third-order valence-electron chi connectivity index (χ3n) is 2.98. The lowest BCUT2D eigenvalue weighted by molar-refractivity contribution is 0.0690. The zero-order chi connectivity index (χ0) is 14.7. The number of aromatic nitrogens is 1. The molecule has 1 heterocycles. The summed E-state index contributed by atoms with van der Waals surface area (Å²) >= 11 is 0. The minimum Gasteiger partial charge on any atom is -0.478 e. The van der Waals surface area contributed by atoms with Gasteiger partial charge in [-0.15, -0.1) is 0 Å². The molecule has 2 aromatic rings. The highest BCUT2D eigenvalue weighted by atomic mass is 16.5. The summed E-state index contributed by atoms with van der Waals surface area (Å²) < 4.78 is 4.87. The average molecular weight is 274 g/mol. The molecule has 0 atom stereocenters. The quantitative estimate of drug-likeness (QED) is 0.888. The Morgan fingerprint density at radius 3 is 2.40 bits per heavy atom. The molecule has 1 amide bonds. The van der Waals surface area contributed by atoms with Gasteiger partial charge in [0.1, 0.15) is 0 Å². The molecule has 0 aliphatic heterocycles. The Labute approximate surface area is 115 Å². The van der Waals surface area contributed by atoms with Crippen LogP contribution < -0.4 is 5.32 Å². The van der Waals surface area contributed by atoms with Crippen LogP contribution in [0.15, 0.2) is 28.9 Å². The van der Waals surface area contributed by atoms with Crippen molar-refractivity contribution in [2.45, 2.75) is 20.4 Å². The van der Waals surface area contributed by atoms with Gasteiger partial charge in [0.25, 0.3) is 5.91 Å². The van der Waals surface area contributed by atoms with E-state index in [1.165, 1.54) is 6.20 Å². The maximum atomic E-state index is 12.2. The van der Waals surface area contributed by atoms with Crippen molar-refractivity contribution in [3.63, 3.8) is 0 Å². The number of hydrogen-bond donors (Lipinski definition) is 2. The van der Waals surface area contributed by atoms with E-state index in [0.717, 1.165) is 0 Å². The van der Waals surface area contributed by atoms with Crippen molar-refractivity contribution in [3.05, 3.63) is 52.4 Å². The van der Waals surface area contributed by atoms with Gasteiger partial charge in [0.15, 0.2) is 5.76 Å². The first-order valence-corrected chi connectivity index (χ1v) is 6.02. The van der Waals surface area contributed by atoms with Crippen LogP contribution in [-0.4, -0.2) is 22.1 Å². The van der Waals surface area contributed by atoms with Crippen molar-refractivity contribution in [1.82, 2.24) is 10.5 Å². The van der Waals surface area contributed by atoms with Gasteiger partial charge < -0.3 is 14.9 Å². The van der Waals surface area contributed by atoms with Gasteiger partial charge in [-0.25, -0.2) is 4.79 Å². The van der Waals surface area contributed by atoms with Crippen molar-refractivity contribution >= 4 is 11.9 Å². The summed E-state index contributed by atoms with van der Waals surface area (Å²) in [5, 5.41) is 15.4. The lowest BCUT2D eigenvalue weighted by atomic mass is 9.96. The Kier molecular flexibility index (Phi) is 3.84. The predicted molar refractivity (Wildman–Crippen MR) is 70.5 cm³/mol. The van der Waals surface area contributed by atoms with Crippen LogP contribution in [0.2, 0.25) is 0 Å². The van der Waals surface area contributed by atoms with Gasteiger partial charge in [0, 0.05) is 6.07 Å². The maximum absolute atomic E-state index is 12.2. The minimum atomic E-state index is -1.11. The summed E-state index contributed by atoms with van der Waals surface area (Å²) in [6.45, 7) is 3.52. The highest BCUT2D eigenvalue weighted by Gasteiger charge is 2.21. The Morgan fingerprint density at radius 1 is 1.20 bits per heavy atom. The molecule has 6 nitrogen and oxygen atoms in total. The van der Waals surface area contributed by atoms with Crippen molar-refractivity contribution in [2.75, 3.05) is 0 Å². The van der Waals surface area contributed by atoms with Gasteiger partial charge >= 0.3 is 5.97 Å². The van der Waals surface area contributed by atoms with Crippen LogP contribution in [0.1, 0.15) is 37.6 Å². The molecular formula is C14H14N2O4. The van der Waals surface area contributed by atoms with Gasteiger partial charge in [0.05, 0.1) is 23.9 Å². The second-order valence-corrected chi connectivity index (χ2v) is 4.42. The molecule has 0 fully saturated rings. The molecule has 0 saturated heterocycles. The number of aryl methyl sites for hydroxylation is 2. The van der Waals surface area contributed by atoms with Crippen LogP contribution in [0.25, 0.3) is 0 Å². The van der Waals surface area contributed by atoms with Crippen molar-refractivity contribution in [2.24, 2.45) is 0 Å². The molecule has 0 spiro atoms. The molecule has 20 heavy (non-hydrogen) atoms. The summed E-state index contributed by atoms with van der Waals surface area (Å²) in [6.07, 6.45) is 1.47. The molecule has 0 unspecified atom stereocenters. The molecule has 104 valence electrons. The lowest BCUT2D eigenvalue weighted by Crippen LogP contribution is -2.26. The number of carbonyl (C=O) groups is 2. The van der Waals surface area contributed by atoms with Gasteiger partial charge in [-0.1, -0.05) is 17.3 Å². The van der Waals surface area contributed by atoms with Crippen LogP contribution in [0.4, 0.5) is 0 Å². The fraction of sp³-hybridized carbons (Fsp3) is 0.214. The number of carboxylic acids is 1. The molecule has 6 heteroatoms.